The molecular formula is C19H27N3OS. The van der Waals surface area contributed by atoms with Crippen molar-refractivity contribution in [3.05, 3.63) is 30.3 Å². The number of carbonyl (C=O) groups is 1. The van der Waals surface area contributed by atoms with Crippen molar-refractivity contribution >= 4 is 28.5 Å². The van der Waals surface area contributed by atoms with E-state index in [4.69, 9.17) is 4.99 Å². The second-order valence-electron chi connectivity index (χ2n) is 6.61. The topological polar surface area (TPSA) is 53.5 Å². The van der Waals surface area contributed by atoms with Crippen LogP contribution in [0.25, 0.3) is 0 Å². The number of para-hydroxylation sites is 1. The molecule has 1 aromatic rings. The highest BCUT2D eigenvalue weighted by Gasteiger charge is 2.30. The van der Waals surface area contributed by atoms with Crippen molar-refractivity contribution in [2.24, 2.45) is 4.99 Å². The van der Waals surface area contributed by atoms with Gasteiger partial charge in [-0.05, 0) is 31.4 Å². The number of hydrogen-bond donors (Lipinski definition) is 2. The fourth-order valence-corrected chi connectivity index (χ4v) is 4.33. The summed E-state index contributed by atoms with van der Waals surface area (Å²) in [5.74, 6) is 0.111. The predicted octanol–water partition coefficient (Wildman–Crippen LogP) is 4.19. The number of hydrogen-bond acceptors (Lipinski definition) is 4. The number of anilines is 1. The smallest absolute Gasteiger partial charge is 0.239 e. The Morgan fingerprint density at radius 1 is 1.08 bits per heavy atom. The van der Waals surface area contributed by atoms with Gasteiger partial charge in [-0.25, -0.2) is 0 Å². The lowest BCUT2D eigenvalue weighted by molar-refractivity contribution is -0.118. The molecule has 1 atom stereocenters. The first-order valence-corrected chi connectivity index (χ1v) is 10.0. The summed E-state index contributed by atoms with van der Waals surface area (Å²) in [6.07, 6.45) is 9.71. The lowest BCUT2D eigenvalue weighted by Crippen LogP contribution is -2.26. The van der Waals surface area contributed by atoms with Gasteiger partial charge in [0.1, 0.15) is 0 Å². The van der Waals surface area contributed by atoms with Gasteiger partial charge in [0.15, 0.2) is 5.17 Å². The van der Waals surface area contributed by atoms with Crippen LogP contribution in [0.2, 0.25) is 0 Å². The SMILES string of the molecule is O=C1NC(=NC2CCCCCCC2)SC1CCNc1ccccc1. The van der Waals surface area contributed by atoms with Gasteiger partial charge in [-0.15, -0.1) is 0 Å². The molecule has 0 bridgehead atoms. The van der Waals surface area contributed by atoms with Gasteiger partial charge in [-0.2, -0.15) is 0 Å². The average molecular weight is 346 g/mol. The molecule has 1 saturated heterocycles. The third kappa shape index (κ3) is 5.26. The minimum atomic E-state index is -0.0199. The average Bonchev–Trinajstić information content (AvgIpc) is 2.91. The van der Waals surface area contributed by atoms with Gasteiger partial charge in [0, 0.05) is 12.2 Å². The summed E-state index contributed by atoms with van der Waals surface area (Å²) in [6.45, 7) is 0.797. The van der Waals surface area contributed by atoms with Gasteiger partial charge >= 0.3 is 0 Å². The zero-order valence-corrected chi connectivity index (χ0v) is 15.0. The highest BCUT2D eigenvalue weighted by molar-refractivity contribution is 8.15. The lowest BCUT2D eigenvalue weighted by atomic mass is 9.97. The second kappa shape index (κ2) is 9.11. The highest BCUT2D eigenvalue weighted by Crippen LogP contribution is 2.26. The first kappa shape index (κ1) is 17.3. The van der Waals surface area contributed by atoms with Gasteiger partial charge in [-0.1, -0.05) is 62.1 Å². The molecule has 1 aromatic carbocycles. The summed E-state index contributed by atoms with van der Waals surface area (Å²) >= 11 is 1.61. The fourth-order valence-electron chi connectivity index (χ4n) is 3.29. The summed E-state index contributed by atoms with van der Waals surface area (Å²) in [4.78, 5) is 17.0. The van der Waals surface area contributed by atoms with E-state index in [0.717, 1.165) is 23.8 Å². The molecular weight excluding hydrogens is 318 g/mol. The van der Waals surface area contributed by atoms with E-state index < -0.39 is 0 Å². The fraction of sp³-hybridized carbons (Fsp3) is 0.579. The number of benzene rings is 1. The number of nitrogens with zero attached hydrogens (tertiary/aromatic N) is 1. The molecule has 24 heavy (non-hydrogen) atoms. The molecule has 130 valence electrons. The van der Waals surface area contributed by atoms with Crippen molar-refractivity contribution in [2.45, 2.75) is 62.7 Å². The summed E-state index contributed by atoms with van der Waals surface area (Å²) in [6, 6.07) is 10.5. The molecule has 0 radical (unpaired) electrons. The Bertz CT molecular complexity index is 553. The number of amidine groups is 1. The zero-order valence-electron chi connectivity index (χ0n) is 14.2. The Morgan fingerprint density at radius 3 is 2.54 bits per heavy atom. The Kier molecular flexibility index (Phi) is 6.58. The largest absolute Gasteiger partial charge is 0.385 e. The molecule has 2 aliphatic rings. The first-order chi connectivity index (χ1) is 11.8. The van der Waals surface area contributed by atoms with Gasteiger partial charge in [0.25, 0.3) is 0 Å². The molecule has 4 nitrogen and oxygen atoms in total. The summed E-state index contributed by atoms with van der Waals surface area (Å²) < 4.78 is 0. The van der Waals surface area contributed by atoms with Crippen LogP contribution in [0.5, 0.6) is 0 Å². The first-order valence-electron chi connectivity index (χ1n) is 9.15. The van der Waals surface area contributed by atoms with Crippen LogP contribution < -0.4 is 10.6 Å². The maximum Gasteiger partial charge on any atom is 0.239 e. The lowest BCUT2D eigenvalue weighted by Gasteiger charge is -2.16. The zero-order chi connectivity index (χ0) is 16.6. The van der Waals surface area contributed by atoms with Gasteiger partial charge in [0.2, 0.25) is 5.91 Å². The van der Waals surface area contributed by atoms with Gasteiger partial charge in [-0.3, -0.25) is 9.79 Å². The van der Waals surface area contributed by atoms with E-state index in [1.165, 1.54) is 44.9 Å². The molecule has 2 fully saturated rings. The quantitative estimate of drug-likeness (QED) is 0.841. The van der Waals surface area contributed by atoms with E-state index in [1.54, 1.807) is 11.8 Å². The molecule has 2 N–H and O–H groups in total. The summed E-state index contributed by atoms with van der Waals surface area (Å²) in [7, 11) is 0. The third-order valence-electron chi connectivity index (χ3n) is 4.66. The molecule has 5 heteroatoms. The maximum absolute atomic E-state index is 12.2. The van der Waals surface area contributed by atoms with Crippen LogP contribution in [0.4, 0.5) is 5.69 Å². The van der Waals surface area contributed by atoms with E-state index in [0.29, 0.717) is 6.04 Å². The molecule has 1 amide bonds. The van der Waals surface area contributed by atoms with Crippen LogP contribution in [-0.2, 0) is 4.79 Å². The highest BCUT2D eigenvalue weighted by atomic mass is 32.2. The van der Waals surface area contributed by atoms with Gasteiger partial charge in [0.05, 0.1) is 11.3 Å². The van der Waals surface area contributed by atoms with Crippen LogP contribution in [-0.4, -0.2) is 28.9 Å². The Morgan fingerprint density at radius 2 is 1.79 bits per heavy atom. The monoisotopic (exact) mass is 345 g/mol. The standard InChI is InChI=1S/C19H27N3OS/c23-18-17(13-14-20-15-9-7-4-8-10-15)24-19(22-18)21-16-11-5-2-1-3-6-12-16/h4,7-10,16-17,20H,1-3,5-6,11-14H2,(H,21,22,23). The van der Waals surface area contributed by atoms with E-state index in [9.17, 15) is 4.79 Å². The van der Waals surface area contributed by atoms with Gasteiger partial charge < -0.3 is 10.6 Å². The van der Waals surface area contributed by atoms with E-state index in [2.05, 4.69) is 10.6 Å². The number of carbonyl (C=O) groups excluding carboxylic acids is 1. The molecule has 3 rings (SSSR count). The number of rotatable bonds is 5. The van der Waals surface area contributed by atoms with E-state index in [-0.39, 0.29) is 11.2 Å². The molecule has 0 aromatic heterocycles. The molecule has 1 aliphatic carbocycles. The molecule has 0 spiro atoms. The van der Waals surface area contributed by atoms with Crippen molar-refractivity contribution in [2.75, 3.05) is 11.9 Å². The number of thioether (sulfide) groups is 1. The van der Waals surface area contributed by atoms with E-state index in [1.807, 2.05) is 30.3 Å². The van der Waals surface area contributed by atoms with Crippen molar-refractivity contribution in [1.82, 2.24) is 5.32 Å². The Labute approximate surface area is 148 Å². The maximum atomic E-state index is 12.2. The van der Waals surface area contributed by atoms with Crippen molar-refractivity contribution < 1.29 is 4.79 Å². The van der Waals surface area contributed by atoms with Crippen molar-refractivity contribution in [3.8, 4) is 0 Å². The van der Waals surface area contributed by atoms with Crippen LogP contribution in [0.3, 0.4) is 0 Å². The van der Waals surface area contributed by atoms with Crippen LogP contribution in [0, 0.1) is 0 Å². The van der Waals surface area contributed by atoms with Crippen molar-refractivity contribution in [3.63, 3.8) is 0 Å². The Balaban J connectivity index is 1.46. The van der Waals surface area contributed by atoms with Crippen molar-refractivity contribution in [1.29, 1.82) is 0 Å². The number of amides is 1. The molecule has 1 unspecified atom stereocenters. The normalized spacial score (nSPS) is 24.4. The molecule has 1 heterocycles. The number of nitrogens with one attached hydrogen (secondary N) is 2. The summed E-state index contributed by atoms with van der Waals surface area (Å²) in [5.41, 5.74) is 1.10. The van der Waals surface area contributed by atoms with Crippen LogP contribution in [0.1, 0.15) is 51.4 Å². The summed E-state index contributed by atoms with van der Waals surface area (Å²) in [5, 5.41) is 7.18. The van der Waals surface area contributed by atoms with E-state index >= 15 is 0 Å². The van der Waals surface area contributed by atoms with Crippen LogP contribution in [0.15, 0.2) is 35.3 Å². The molecule has 1 saturated carbocycles. The predicted molar refractivity (Wildman–Crippen MR) is 103 cm³/mol. The Hall–Kier alpha value is -1.49. The second-order valence-corrected chi connectivity index (χ2v) is 7.80. The number of aliphatic imine (C=N–C) groups is 1. The van der Waals surface area contributed by atoms with Crippen LogP contribution >= 0.6 is 11.8 Å². The minimum Gasteiger partial charge on any atom is -0.385 e. The third-order valence-corrected chi connectivity index (χ3v) is 5.83. The molecule has 1 aliphatic heterocycles. The minimum absolute atomic E-state index is 0.0199.